The van der Waals surface area contributed by atoms with Gasteiger partial charge in [0.1, 0.15) is 5.75 Å². The molecule has 1 aromatic carbocycles. The summed E-state index contributed by atoms with van der Waals surface area (Å²) in [4.78, 5) is 6.36. The fourth-order valence-electron chi connectivity index (χ4n) is 2.01. The van der Waals surface area contributed by atoms with Crippen molar-refractivity contribution in [3.8, 4) is 5.75 Å². The average molecular weight is 272 g/mol. The Hall–Kier alpha value is -2.07. The molecule has 0 aliphatic heterocycles. The van der Waals surface area contributed by atoms with Gasteiger partial charge in [0.25, 0.3) is 0 Å². The van der Waals surface area contributed by atoms with Gasteiger partial charge in [-0.15, -0.1) is 0 Å². The van der Waals surface area contributed by atoms with Crippen LogP contribution < -0.4 is 9.64 Å². The fraction of sp³-hybridized carbons (Fsp3) is 0.312. The highest BCUT2D eigenvalue weighted by atomic mass is 16.5. The van der Waals surface area contributed by atoms with Gasteiger partial charge < -0.3 is 14.7 Å². The molecule has 1 aromatic heterocycles. The second kappa shape index (κ2) is 6.39. The Kier molecular flexibility index (Phi) is 4.58. The molecule has 1 heterocycles. The molecule has 0 bridgehead atoms. The minimum atomic E-state index is -0.534. The van der Waals surface area contributed by atoms with Crippen LogP contribution >= 0.6 is 0 Å². The number of anilines is 1. The minimum Gasteiger partial charge on any atom is -0.497 e. The highest BCUT2D eigenvalue weighted by Gasteiger charge is 2.06. The zero-order chi connectivity index (χ0) is 14.5. The van der Waals surface area contributed by atoms with E-state index in [1.807, 2.05) is 37.4 Å². The van der Waals surface area contributed by atoms with Gasteiger partial charge in [-0.1, -0.05) is 12.1 Å². The molecule has 0 amide bonds. The van der Waals surface area contributed by atoms with Crippen molar-refractivity contribution >= 4 is 5.69 Å². The molecule has 0 saturated heterocycles. The highest BCUT2D eigenvalue weighted by Crippen LogP contribution is 2.19. The number of methoxy groups -OCH3 is 1. The van der Waals surface area contributed by atoms with Gasteiger partial charge in [-0.3, -0.25) is 4.98 Å². The number of aromatic nitrogens is 1. The number of hydrogen-bond donors (Lipinski definition) is 1. The molecule has 2 aromatic rings. The number of aliphatic hydroxyl groups is 1. The van der Waals surface area contributed by atoms with Gasteiger partial charge in [0.05, 0.1) is 30.8 Å². The van der Waals surface area contributed by atoms with Crippen LogP contribution in [0.2, 0.25) is 0 Å². The van der Waals surface area contributed by atoms with E-state index in [2.05, 4.69) is 16.0 Å². The summed E-state index contributed by atoms with van der Waals surface area (Å²) in [6.45, 7) is 2.48. The largest absolute Gasteiger partial charge is 0.497 e. The van der Waals surface area contributed by atoms with E-state index in [-0.39, 0.29) is 0 Å². The lowest BCUT2D eigenvalue weighted by Crippen LogP contribution is -2.16. The number of hydrogen-bond acceptors (Lipinski definition) is 4. The van der Waals surface area contributed by atoms with Crippen LogP contribution in [0.5, 0.6) is 5.75 Å². The maximum absolute atomic E-state index is 9.46. The van der Waals surface area contributed by atoms with Crippen molar-refractivity contribution in [2.45, 2.75) is 19.6 Å². The van der Waals surface area contributed by atoms with E-state index in [0.717, 1.165) is 18.0 Å². The van der Waals surface area contributed by atoms with Crippen LogP contribution in [0, 0.1) is 0 Å². The molecular weight excluding hydrogens is 252 g/mol. The van der Waals surface area contributed by atoms with E-state index in [0.29, 0.717) is 5.69 Å². The van der Waals surface area contributed by atoms with Crippen molar-refractivity contribution < 1.29 is 9.84 Å². The molecule has 1 unspecified atom stereocenters. The standard InChI is InChI=1S/C16H20N2O2/c1-12(19)16-8-7-14(10-17-16)18(2)11-13-5-4-6-15(9-13)20-3/h4-10,12,19H,11H2,1-3H3. The average Bonchev–Trinajstić information content (AvgIpc) is 2.47. The van der Waals surface area contributed by atoms with Gasteiger partial charge in [-0.05, 0) is 36.8 Å². The molecule has 0 fully saturated rings. The third-order valence-corrected chi connectivity index (χ3v) is 3.19. The topological polar surface area (TPSA) is 45.6 Å². The van der Waals surface area contributed by atoms with Gasteiger partial charge in [0.2, 0.25) is 0 Å². The lowest BCUT2D eigenvalue weighted by atomic mass is 10.2. The zero-order valence-electron chi connectivity index (χ0n) is 12.1. The number of pyridine rings is 1. The number of aliphatic hydroxyl groups excluding tert-OH is 1. The third-order valence-electron chi connectivity index (χ3n) is 3.19. The molecule has 20 heavy (non-hydrogen) atoms. The molecular formula is C16H20N2O2. The molecule has 0 aliphatic carbocycles. The molecule has 0 spiro atoms. The first kappa shape index (κ1) is 14.3. The van der Waals surface area contributed by atoms with Crippen molar-refractivity contribution in [3.05, 3.63) is 53.9 Å². The third kappa shape index (κ3) is 3.48. The molecule has 4 nitrogen and oxygen atoms in total. The van der Waals surface area contributed by atoms with Crippen LogP contribution in [0.1, 0.15) is 24.3 Å². The van der Waals surface area contributed by atoms with Crippen LogP contribution in [0.3, 0.4) is 0 Å². The summed E-state index contributed by atoms with van der Waals surface area (Å²) in [6.07, 6.45) is 1.25. The normalized spacial score (nSPS) is 12.0. The van der Waals surface area contributed by atoms with Crippen molar-refractivity contribution in [1.29, 1.82) is 0 Å². The molecule has 4 heteroatoms. The Bertz CT molecular complexity index is 553. The van der Waals surface area contributed by atoms with Gasteiger partial charge >= 0.3 is 0 Å². The number of rotatable bonds is 5. The van der Waals surface area contributed by atoms with Crippen LogP contribution in [0.4, 0.5) is 5.69 Å². The Labute approximate surface area is 119 Å². The predicted molar refractivity (Wildman–Crippen MR) is 80.0 cm³/mol. The summed E-state index contributed by atoms with van der Waals surface area (Å²) in [5.41, 5.74) is 2.87. The van der Waals surface area contributed by atoms with E-state index in [1.165, 1.54) is 5.56 Å². The smallest absolute Gasteiger partial charge is 0.119 e. The molecule has 2 rings (SSSR count). The second-order valence-corrected chi connectivity index (χ2v) is 4.82. The van der Waals surface area contributed by atoms with E-state index in [4.69, 9.17) is 4.74 Å². The lowest BCUT2D eigenvalue weighted by Gasteiger charge is -2.19. The number of benzene rings is 1. The Morgan fingerprint density at radius 3 is 2.70 bits per heavy atom. The Morgan fingerprint density at radius 2 is 2.10 bits per heavy atom. The van der Waals surface area contributed by atoms with E-state index < -0.39 is 6.10 Å². The first-order valence-electron chi connectivity index (χ1n) is 6.58. The van der Waals surface area contributed by atoms with Gasteiger partial charge in [0.15, 0.2) is 0 Å². The molecule has 106 valence electrons. The van der Waals surface area contributed by atoms with Crippen LogP contribution in [0.15, 0.2) is 42.6 Å². The first-order chi connectivity index (χ1) is 9.60. The number of ether oxygens (including phenoxy) is 1. The van der Waals surface area contributed by atoms with Crippen molar-refractivity contribution in [3.63, 3.8) is 0 Å². The summed E-state index contributed by atoms with van der Waals surface area (Å²) in [6, 6.07) is 11.8. The summed E-state index contributed by atoms with van der Waals surface area (Å²) in [7, 11) is 3.68. The fourth-order valence-corrected chi connectivity index (χ4v) is 2.01. The van der Waals surface area contributed by atoms with Gasteiger partial charge in [-0.25, -0.2) is 0 Å². The Balaban J connectivity index is 2.08. The quantitative estimate of drug-likeness (QED) is 0.909. The van der Waals surface area contributed by atoms with Crippen molar-refractivity contribution in [1.82, 2.24) is 4.98 Å². The van der Waals surface area contributed by atoms with E-state index in [9.17, 15) is 5.11 Å². The maximum Gasteiger partial charge on any atom is 0.119 e. The molecule has 1 N–H and O–H groups in total. The molecule has 0 saturated carbocycles. The molecule has 0 radical (unpaired) electrons. The highest BCUT2D eigenvalue weighted by molar-refractivity contribution is 5.45. The Morgan fingerprint density at radius 1 is 1.30 bits per heavy atom. The predicted octanol–water partition coefficient (Wildman–Crippen LogP) is 2.78. The monoisotopic (exact) mass is 272 g/mol. The van der Waals surface area contributed by atoms with Crippen LogP contribution in [-0.4, -0.2) is 24.2 Å². The van der Waals surface area contributed by atoms with E-state index in [1.54, 1.807) is 20.2 Å². The van der Waals surface area contributed by atoms with Gasteiger partial charge in [0, 0.05) is 13.6 Å². The summed E-state index contributed by atoms with van der Waals surface area (Å²) in [5.74, 6) is 0.860. The van der Waals surface area contributed by atoms with Gasteiger partial charge in [-0.2, -0.15) is 0 Å². The maximum atomic E-state index is 9.46. The van der Waals surface area contributed by atoms with Crippen LogP contribution in [0.25, 0.3) is 0 Å². The zero-order valence-corrected chi connectivity index (χ0v) is 12.1. The first-order valence-corrected chi connectivity index (χ1v) is 6.58. The lowest BCUT2D eigenvalue weighted by molar-refractivity contribution is 0.194. The molecule has 0 aliphatic rings. The SMILES string of the molecule is COc1cccc(CN(C)c2ccc(C(C)O)nc2)c1. The molecule has 1 atom stereocenters. The van der Waals surface area contributed by atoms with E-state index >= 15 is 0 Å². The summed E-state index contributed by atoms with van der Waals surface area (Å²) in [5, 5.41) is 9.46. The number of nitrogens with zero attached hydrogens (tertiary/aromatic N) is 2. The van der Waals surface area contributed by atoms with Crippen LogP contribution in [-0.2, 0) is 6.54 Å². The summed E-state index contributed by atoms with van der Waals surface area (Å²) >= 11 is 0. The van der Waals surface area contributed by atoms with Crippen molar-refractivity contribution in [2.24, 2.45) is 0 Å². The second-order valence-electron chi connectivity index (χ2n) is 4.82. The minimum absolute atomic E-state index is 0.534. The summed E-state index contributed by atoms with van der Waals surface area (Å²) < 4.78 is 5.23. The van der Waals surface area contributed by atoms with Crippen molar-refractivity contribution in [2.75, 3.05) is 19.1 Å².